The zero-order valence-corrected chi connectivity index (χ0v) is 30.3. The van der Waals surface area contributed by atoms with Gasteiger partial charge in [0.15, 0.2) is 0 Å². The van der Waals surface area contributed by atoms with E-state index in [2.05, 4.69) is 100 Å². The van der Waals surface area contributed by atoms with Crippen LogP contribution in [0.1, 0.15) is 17.2 Å². The molecule has 49 heavy (non-hydrogen) atoms. The average Bonchev–Trinajstić information content (AvgIpc) is 3.17. The molecule has 0 radical (unpaired) electrons. The first kappa shape index (κ1) is 33.3. The standard InChI is InChI=1S/C40H34IN2O4PS/c41-48(32-20-10-3-11-21-32,33-22-12-4-13-23-33,34-24-14-5-15-25-34)26-31-27-49-39-35(42-28-44)38(45)43(39)36(31)40(46)47-37(29-16-6-1-7-17-29)30-18-8-2-9-19-30/h1-25,28,35,37,39H,26-27H2,(H,42,44)/t35?,39-/m1/s1. The number of esters is 1. The van der Waals surface area contributed by atoms with Gasteiger partial charge in [0.2, 0.25) is 0 Å². The molecular formula is C40H34IN2O4PS. The Morgan fingerprint density at radius 1 is 0.776 bits per heavy atom. The number of nitrogens with zero attached hydrogens (tertiary/aromatic N) is 1. The molecular weight excluding hydrogens is 762 g/mol. The summed E-state index contributed by atoms with van der Waals surface area (Å²) in [6.45, 7) is 0. The number of amides is 2. The molecule has 0 bridgehead atoms. The van der Waals surface area contributed by atoms with Crippen LogP contribution in [0.4, 0.5) is 0 Å². The van der Waals surface area contributed by atoms with Gasteiger partial charge in [-0.25, -0.2) is 0 Å². The third-order valence-corrected chi connectivity index (χ3v) is 21.8. The van der Waals surface area contributed by atoms with Crippen molar-refractivity contribution in [3.8, 4) is 0 Å². The quantitative estimate of drug-likeness (QED) is 0.0545. The van der Waals surface area contributed by atoms with Gasteiger partial charge in [-0.3, -0.25) is 0 Å². The number of rotatable bonds is 11. The van der Waals surface area contributed by atoms with Crippen LogP contribution < -0.4 is 21.2 Å². The molecule has 2 aliphatic rings. The van der Waals surface area contributed by atoms with E-state index in [1.165, 1.54) is 15.9 Å². The van der Waals surface area contributed by atoms with E-state index < -0.39 is 27.7 Å². The Labute approximate surface area is 303 Å². The van der Waals surface area contributed by atoms with E-state index in [9.17, 15) is 14.4 Å². The van der Waals surface area contributed by atoms with Gasteiger partial charge < -0.3 is 0 Å². The van der Waals surface area contributed by atoms with E-state index >= 15 is 0 Å². The summed E-state index contributed by atoms with van der Waals surface area (Å²) in [4.78, 5) is 41.6. The van der Waals surface area contributed by atoms with Crippen molar-refractivity contribution in [3.63, 3.8) is 0 Å². The fourth-order valence-electron chi connectivity index (χ4n) is 6.93. The summed E-state index contributed by atoms with van der Waals surface area (Å²) in [7, 11) is 0. The van der Waals surface area contributed by atoms with Crippen molar-refractivity contribution >= 4 is 72.2 Å². The molecule has 0 saturated carbocycles. The molecule has 1 unspecified atom stereocenters. The van der Waals surface area contributed by atoms with Crippen molar-refractivity contribution in [1.29, 1.82) is 0 Å². The van der Waals surface area contributed by atoms with E-state index in [0.29, 0.717) is 18.3 Å². The van der Waals surface area contributed by atoms with Gasteiger partial charge in [0, 0.05) is 0 Å². The summed E-state index contributed by atoms with van der Waals surface area (Å²) >= 11 is 4.28. The first-order chi connectivity index (χ1) is 23.9. The van der Waals surface area contributed by atoms with E-state index in [4.69, 9.17) is 4.74 Å². The number of benzene rings is 5. The van der Waals surface area contributed by atoms with Crippen LogP contribution in [0, 0.1) is 0 Å². The Hall–Kier alpha value is -4.24. The molecule has 1 saturated heterocycles. The van der Waals surface area contributed by atoms with Crippen LogP contribution in [0.15, 0.2) is 163 Å². The van der Waals surface area contributed by atoms with Crippen molar-refractivity contribution in [1.82, 2.24) is 10.2 Å². The molecule has 2 heterocycles. The van der Waals surface area contributed by atoms with Crippen LogP contribution in [0.5, 0.6) is 0 Å². The second kappa shape index (κ2) is 13.9. The number of nitrogens with one attached hydrogen (secondary N) is 1. The minimum atomic E-state index is -3.40. The van der Waals surface area contributed by atoms with Crippen molar-refractivity contribution < 1.29 is 19.1 Å². The van der Waals surface area contributed by atoms with Gasteiger partial charge in [-0.05, 0) is 0 Å². The number of hydrogen-bond acceptors (Lipinski definition) is 5. The molecule has 5 aromatic rings. The van der Waals surface area contributed by atoms with Crippen molar-refractivity contribution in [2.24, 2.45) is 0 Å². The second-order valence-corrected chi connectivity index (χ2v) is 23.8. The number of hydrogen-bond donors (Lipinski definition) is 1. The molecule has 0 aromatic heterocycles. The summed E-state index contributed by atoms with van der Waals surface area (Å²) < 4.78 is 3.08. The summed E-state index contributed by atoms with van der Waals surface area (Å²) in [6.07, 6.45) is 0.366. The van der Waals surface area contributed by atoms with E-state index in [0.717, 1.165) is 16.7 Å². The van der Waals surface area contributed by atoms with E-state index in [-0.39, 0.29) is 11.6 Å². The Morgan fingerprint density at radius 3 is 1.63 bits per heavy atom. The van der Waals surface area contributed by atoms with Gasteiger partial charge in [0.25, 0.3) is 0 Å². The summed E-state index contributed by atoms with van der Waals surface area (Å²) in [6, 6.07) is 50.1. The Kier molecular flexibility index (Phi) is 9.46. The van der Waals surface area contributed by atoms with Gasteiger partial charge in [-0.15, -0.1) is 0 Å². The Balaban J connectivity index is 1.43. The molecule has 0 spiro atoms. The van der Waals surface area contributed by atoms with Gasteiger partial charge in [0.1, 0.15) is 0 Å². The number of carbonyl (C=O) groups is 3. The molecule has 5 aromatic carbocycles. The maximum atomic E-state index is 14.8. The van der Waals surface area contributed by atoms with Crippen LogP contribution in [-0.2, 0) is 19.1 Å². The van der Waals surface area contributed by atoms with Crippen LogP contribution >= 0.6 is 38.0 Å². The van der Waals surface area contributed by atoms with Gasteiger partial charge in [-0.2, -0.15) is 0 Å². The zero-order valence-electron chi connectivity index (χ0n) is 26.5. The first-order valence-electron chi connectivity index (χ1n) is 16.0. The number of ether oxygens (including phenoxy) is 1. The normalized spacial score (nSPS) is 18.1. The van der Waals surface area contributed by atoms with Crippen molar-refractivity contribution in [2.45, 2.75) is 17.5 Å². The maximum absolute atomic E-state index is 14.8. The fraction of sp³-hybridized carbons (Fsp3) is 0.125. The predicted octanol–water partition coefficient (Wildman–Crippen LogP) is 6.48. The number of fused-ring (bicyclic) bond motifs is 1. The van der Waals surface area contributed by atoms with Crippen LogP contribution in [-0.4, -0.2) is 46.5 Å². The van der Waals surface area contributed by atoms with E-state index in [1.54, 1.807) is 16.7 Å². The molecule has 0 aliphatic carbocycles. The molecule has 2 atom stereocenters. The average molecular weight is 797 g/mol. The first-order valence-corrected chi connectivity index (χ1v) is 22.3. The monoisotopic (exact) mass is 796 g/mol. The van der Waals surface area contributed by atoms with E-state index in [1.807, 2.05) is 78.9 Å². The summed E-state index contributed by atoms with van der Waals surface area (Å²) in [5, 5.41) is 5.76. The fourth-order valence-corrected chi connectivity index (χ4v) is 17.4. The molecule has 1 N–H and O–H groups in total. The number of halogens is 1. The van der Waals surface area contributed by atoms with Crippen LogP contribution in [0.25, 0.3) is 0 Å². The van der Waals surface area contributed by atoms with Gasteiger partial charge in [0.05, 0.1) is 0 Å². The third kappa shape index (κ3) is 5.90. The number of β-lactam (4-membered cyclic amide) rings is 1. The topological polar surface area (TPSA) is 75.7 Å². The Morgan fingerprint density at radius 2 is 1.20 bits per heavy atom. The molecule has 7 rings (SSSR count). The Bertz CT molecular complexity index is 1860. The molecule has 9 heteroatoms. The van der Waals surface area contributed by atoms with Gasteiger partial charge in [-0.1, -0.05) is 0 Å². The SMILES string of the molecule is O=CNC1C(=O)N2C(C(=O)OC(c3ccccc3)c3ccccc3)=C(CP(I)(c3ccccc3)(c3ccccc3)c3ccccc3)CS[C@H]12. The molecule has 2 amide bonds. The molecule has 1 fully saturated rings. The van der Waals surface area contributed by atoms with Crippen LogP contribution in [0.3, 0.4) is 0 Å². The molecule has 6 nitrogen and oxygen atoms in total. The molecule has 246 valence electrons. The minimum absolute atomic E-state index is 0.267. The predicted molar refractivity (Wildman–Crippen MR) is 208 cm³/mol. The number of carbonyl (C=O) groups excluding carboxylic acids is 3. The molecule has 2 aliphatic heterocycles. The van der Waals surface area contributed by atoms with Crippen molar-refractivity contribution in [2.75, 3.05) is 11.9 Å². The second-order valence-electron chi connectivity index (χ2n) is 12.1. The van der Waals surface area contributed by atoms with Crippen LogP contribution in [0.2, 0.25) is 0 Å². The zero-order chi connectivity index (χ0) is 33.9. The summed E-state index contributed by atoms with van der Waals surface area (Å²) in [5.74, 6) is -0.394. The summed E-state index contributed by atoms with van der Waals surface area (Å²) in [5.41, 5.74) is 2.76. The third-order valence-electron chi connectivity index (χ3n) is 9.29. The van der Waals surface area contributed by atoms with Crippen molar-refractivity contribution in [3.05, 3.63) is 174 Å². The van der Waals surface area contributed by atoms with Gasteiger partial charge >= 0.3 is 305 Å². The number of thioether (sulfide) groups is 1.